The minimum absolute atomic E-state index is 0.727. The first-order valence-electron chi connectivity index (χ1n) is 8.51. The summed E-state index contributed by atoms with van der Waals surface area (Å²) in [6.07, 6.45) is 5.45. The summed E-state index contributed by atoms with van der Waals surface area (Å²) >= 11 is 2.10. The molecule has 1 aromatic carbocycles. The number of nitrogens with one attached hydrogen (secondary N) is 1. The second kappa shape index (κ2) is 5.94. The first-order chi connectivity index (χ1) is 10.3. The van der Waals surface area contributed by atoms with Crippen LogP contribution in [0.2, 0.25) is 0 Å². The van der Waals surface area contributed by atoms with Crippen molar-refractivity contribution in [2.45, 2.75) is 54.8 Å². The lowest BCUT2D eigenvalue weighted by Crippen LogP contribution is -2.44. The maximum absolute atomic E-state index is 3.80. The van der Waals surface area contributed by atoms with Crippen molar-refractivity contribution in [3.8, 4) is 0 Å². The van der Waals surface area contributed by atoms with Gasteiger partial charge in [-0.1, -0.05) is 18.2 Å². The zero-order valence-electron chi connectivity index (χ0n) is 12.9. The second-order valence-electron chi connectivity index (χ2n) is 7.04. The standard InChI is InChI=1S/C18H26N2S/c1-13-8-9-19-17(14-6-7-14)12-20(13)11-16-10-15-4-2-3-5-18(15)21-16/h2-5,13-14,16-17,19H,6-12H2,1H3. The summed E-state index contributed by atoms with van der Waals surface area (Å²) in [5.74, 6) is 0.964. The van der Waals surface area contributed by atoms with Gasteiger partial charge in [0, 0.05) is 35.3 Å². The number of benzene rings is 1. The van der Waals surface area contributed by atoms with Crippen molar-refractivity contribution in [1.82, 2.24) is 10.2 Å². The Morgan fingerprint density at radius 2 is 2.10 bits per heavy atom. The maximum atomic E-state index is 3.80. The van der Waals surface area contributed by atoms with Gasteiger partial charge in [-0.25, -0.2) is 0 Å². The monoisotopic (exact) mass is 302 g/mol. The van der Waals surface area contributed by atoms with Crippen LogP contribution in [0.1, 0.15) is 31.7 Å². The zero-order valence-corrected chi connectivity index (χ0v) is 13.7. The lowest BCUT2D eigenvalue weighted by molar-refractivity contribution is 0.200. The quantitative estimate of drug-likeness (QED) is 0.923. The van der Waals surface area contributed by atoms with E-state index in [1.807, 2.05) is 0 Å². The Balaban J connectivity index is 1.41. The minimum atomic E-state index is 0.727. The number of nitrogens with zero attached hydrogens (tertiary/aromatic N) is 1. The summed E-state index contributed by atoms with van der Waals surface area (Å²) in [6, 6.07) is 10.4. The van der Waals surface area contributed by atoms with Gasteiger partial charge in [-0.15, -0.1) is 11.8 Å². The predicted octanol–water partition coefficient (Wildman–Crippen LogP) is 3.17. The van der Waals surface area contributed by atoms with Crippen LogP contribution in [0.25, 0.3) is 0 Å². The van der Waals surface area contributed by atoms with Gasteiger partial charge in [0.2, 0.25) is 0 Å². The van der Waals surface area contributed by atoms with Crippen LogP contribution in [0.3, 0.4) is 0 Å². The summed E-state index contributed by atoms with van der Waals surface area (Å²) in [6.45, 7) is 6.14. The van der Waals surface area contributed by atoms with E-state index in [2.05, 4.69) is 53.2 Å². The van der Waals surface area contributed by atoms with E-state index >= 15 is 0 Å². The van der Waals surface area contributed by atoms with E-state index < -0.39 is 0 Å². The lowest BCUT2D eigenvalue weighted by atomic mass is 10.1. The molecular weight excluding hydrogens is 276 g/mol. The van der Waals surface area contributed by atoms with Crippen LogP contribution in [0.5, 0.6) is 0 Å². The van der Waals surface area contributed by atoms with Crippen LogP contribution in [-0.4, -0.2) is 41.9 Å². The molecule has 0 bridgehead atoms. The molecule has 1 aromatic rings. The van der Waals surface area contributed by atoms with Gasteiger partial charge in [-0.05, 0) is 56.7 Å². The molecule has 1 saturated heterocycles. The van der Waals surface area contributed by atoms with E-state index in [4.69, 9.17) is 0 Å². The van der Waals surface area contributed by atoms with Crippen LogP contribution in [0.15, 0.2) is 29.2 Å². The second-order valence-corrected chi connectivity index (χ2v) is 8.38. The third-order valence-electron chi connectivity index (χ3n) is 5.37. The largest absolute Gasteiger partial charge is 0.312 e. The predicted molar refractivity (Wildman–Crippen MR) is 90.0 cm³/mol. The highest BCUT2D eigenvalue weighted by Crippen LogP contribution is 2.38. The summed E-state index contributed by atoms with van der Waals surface area (Å²) in [4.78, 5) is 4.29. The fourth-order valence-electron chi connectivity index (χ4n) is 3.84. The number of thioether (sulfide) groups is 1. The van der Waals surface area contributed by atoms with Gasteiger partial charge in [0.15, 0.2) is 0 Å². The molecule has 3 heteroatoms. The smallest absolute Gasteiger partial charge is 0.0263 e. The van der Waals surface area contributed by atoms with Crippen LogP contribution < -0.4 is 5.32 Å². The maximum Gasteiger partial charge on any atom is 0.0263 e. The van der Waals surface area contributed by atoms with Crippen molar-refractivity contribution >= 4 is 11.8 Å². The molecule has 0 aromatic heterocycles. The topological polar surface area (TPSA) is 15.3 Å². The summed E-state index contributed by atoms with van der Waals surface area (Å²) in [7, 11) is 0. The molecule has 114 valence electrons. The normalized spacial score (nSPS) is 33.7. The Bertz CT molecular complexity index is 475. The highest BCUT2D eigenvalue weighted by atomic mass is 32.2. The van der Waals surface area contributed by atoms with Gasteiger partial charge >= 0.3 is 0 Å². The number of hydrogen-bond donors (Lipinski definition) is 1. The van der Waals surface area contributed by atoms with Crippen molar-refractivity contribution in [3.63, 3.8) is 0 Å². The molecule has 3 aliphatic rings. The SMILES string of the molecule is CC1CCNC(C2CC2)CN1CC1Cc2ccccc2S1. The highest BCUT2D eigenvalue weighted by molar-refractivity contribution is 8.00. The molecule has 2 fully saturated rings. The summed E-state index contributed by atoms with van der Waals surface area (Å²) in [5, 5.41) is 4.55. The van der Waals surface area contributed by atoms with Gasteiger partial charge in [0.1, 0.15) is 0 Å². The Morgan fingerprint density at radius 1 is 1.24 bits per heavy atom. The minimum Gasteiger partial charge on any atom is -0.312 e. The molecule has 2 aliphatic heterocycles. The van der Waals surface area contributed by atoms with Crippen LogP contribution in [-0.2, 0) is 6.42 Å². The van der Waals surface area contributed by atoms with Crippen molar-refractivity contribution in [3.05, 3.63) is 29.8 Å². The molecule has 1 saturated carbocycles. The van der Waals surface area contributed by atoms with Crippen molar-refractivity contribution in [2.24, 2.45) is 5.92 Å². The van der Waals surface area contributed by atoms with Crippen LogP contribution in [0.4, 0.5) is 0 Å². The molecule has 21 heavy (non-hydrogen) atoms. The Labute approximate surface area is 132 Å². The molecule has 1 aliphatic carbocycles. The van der Waals surface area contributed by atoms with E-state index in [9.17, 15) is 0 Å². The van der Waals surface area contributed by atoms with Crippen molar-refractivity contribution < 1.29 is 0 Å². The van der Waals surface area contributed by atoms with Crippen LogP contribution in [0, 0.1) is 5.92 Å². The fraction of sp³-hybridized carbons (Fsp3) is 0.667. The first-order valence-corrected chi connectivity index (χ1v) is 9.39. The van der Waals surface area contributed by atoms with Crippen molar-refractivity contribution in [2.75, 3.05) is 19.6 Å². The average Bonchev–Trinajstić information content (AvgIpc) is 3.25. The lowest BCUT2D eigenvalue weighted by Gasteiger charge is -2.31. The van der Waals surface area contributed by atoms with E-state index in [1.165, 1.54) is 50.2 Å². The van der Waals surface area contributed by atoms with Crippen molar-refractivity contribution in [1.29, 1.82) is 0 Å². The highest BCUT2D eigenvalue weighted by Gasteiger charge is 2.35. The van der Waals surface area contributed by atoms with E-state index in [0.29, 0.717) is 0 Å². The fourth-order valence-corrected chi connectivity index (χ4v) is 5.19. The Hall–Kier alpha value is -0.510. The molecule has 4 rings (SSSR count). The number of fused-ring (bicyclic) bond motifs is 1. The molecule has 0 amide bonds. The van der Waals surface area contributed by atoms with Gasteiger partial charge in [0.05, 0.1) is 0 Å². The van der Waals surface area contributed by atoms with E-state index in [1.54, 1.807) is 5.56 Å². The molecule has 3 unspecified atom stereocenters. The zero-order chi connectivity index (χ0) is 14.2. The summed E-state index contributed by atoms with van der Waals surface area (Å²) < 4.78 is 0. The van der Waals surface area contributed by atoms with Gasteiger partial charge in [-0.3, -0.25) is 4.90 Å². The molecule has 3 atom stereocenters. The summed E-state index contributed by atoms with van der Waals surface area (Å²) in [5.41, 5.74) is 1.56. The molecule has 0 spiro atoms. The molecule has 0 radical (unpaired) electrons. The van der Waals surface area contributed by atoms with Gasteiger partial charge < -0.3 is 5.32 Å². The van der Waals surface area contributed by atoms with E-state index in [-0.39, 0.29) is 0 Å². The third-order valence-corrected chi connectivity index (χ3v) is 6.67. The first kappa shape index (κ1) is 14.1. The van der Waals surface area contributed by atoms with Gasteiger partial charge in [0.25, 0.3) is 0 Å². The Morgan fingerprint density at radius 3 is 2.90 bits per heavy atom. The molecule has 2 heterocycles. The molecule has 2 nitrogen and oxygen atoms in total. The third kappa shape index (κ3) is 3.15. The average molecular weight is 302 g/mol. The number of hydrogen-bond acceptors (Lipinski definition) is 3. The Kier molecular flexibility index (Phi) is 3.99. The van der Waals surface area contributed by atoms with Crippen LogP contribution >= 0.6 is 11.8 Å². The van der Waals surface area contributed by atoms with E-state index in [0.717, 1.165) is 23.3 Å². The van der Waals surface area contributed by atoms with Gasteiger partial charge in [-0.2, -0.15) is 0 Å². The molecule has 1 N–H and O–H groups in total. The molecular formula is C18H26N2S. The number of rotatable bonds is 3.